The van der Waals surface area contributed by atoms with Crippen LogP contribution in [0.4, 0.5) is 0 Å². The average molecular weight is 261 g/mol. The van der Waals surface area contributed by atoms with Crippen LogP contribution in [0, 0.1) is 11.3 Å². The van der Waals surface area contributed by atoms with Crippen LogP contribution < -0.4 is 0 Å². The number of hydrogen-bond acceptors (Lipinski definition) is 2. The molecule has 0 bridgehead atoms. The van der Waals surface area contributed by atoms with Crippen LogP contribution in [0.3, 0.4) is 0 Å². The van der Waals surface area contributed by atoms with E-state index in [4.69, 9.17) is 21.6 Å². The van der Waals surface area contributed by atoms with E-state index >= 15 is 0 Å². The van der Waals surface area contributed by atoms with E-state index in [-0.39, 0.29) is 0 Å². The predicted octanol–water partition coefficient (Wildman–Crippen LogP) is 3.31. The predicted molar refractivity (Wildman–Crippen MR) is 54.5 cm³/mol. The quantitative estimate of drug-likeness (QED) is 0.817. The zero-order valence-electron chi connectivity index (χ0n) is 6.92. The fraction of sp³-hybridized carbons (Fsp3) is 0.222. The zero-order valence-corrected chi connectivity index (χ0v) is 9.26. The van der Waals surface area contributed by atoms with Crippen molar-refractivity contribution in [3.63, 3.8) is 0 Å². The van der Waals surface area contributed by atoms with Gasteiger partial charge in [0.15, 0.2) is 6.10 Å². The van der Waals surface area contributed by atoms with Gasteiger partial charge in [-0.25, -0.2) is 0 Å². The zero-order chi connectivity index (χ0) is 9.84. The van der Waals surface area contributed by atoms with Gasteiger partial charge in [0.05, 0.1) is 6.07 Å². The molecule has 13 heavy (non-hydrogen) atoms. The number of hydrogen-bond donors (Lipinski definition) is 0. The van der Waals surface area contributed by atoms with Crippen LogP contribution in [-0.2, 0) is 4.74 Å². The number of halogens is 2. The third-order valence-electron chi connectivity index (χ3n) is 1.60. The van der Waals surface area contributed by atoms with Crippen LogP contribution in [-0.4, -0.2) is 7.11 Å². The molecule has 0 heterocycles. The van der Waals surface area contributed by atoms with Crippen LogP contribution in [0.25, 0.3) is 0 Å². The normalized spacial score (nSPS) is 12.2. The summed E-state index contributed by atoms with van der Waals surface area (Å²) in [5, 5.41) is 9.26. The molecule has 1 rings (SSSR count). The number of ether oxygens (including phenoxy) is 1. The summed E-state index contributed by atoms with van der Waals surface area (Å²) >= 11 is 9.20. The maximum absolute atomic E-state index is 8.73. The first-order chi connectivity index (χ1) is 6.19. The molecular formula is C9H7BrClNO. The van der Waals surface area contributed by atoms with Crippen LogP contribution in [0.15, 0.2) is 22.7 Å². The number of rotatable bonds is 2. The highest BCUT2D eigenvalue weighted by molar-refractivity contribution is 9.10. The van der Waals surface area contributed by atoms with E-state index in [0.717, 1.165) is 4.47 Å². The Bertz CT molecular complexity index is 348. The van der Waals surface area contributed by atoms with Gasteiger partial charge in [-0.2, -0.15) is 5.26 Å². The SMILES string of the molecule is COC(C#N)c1ccc(Br)cc1Cl. The standard InChI is InChI=1S/C9H7BrClNO/c1-13-9(5-12)7-3-2-6(10)4-8(7)11/h2-4,9H,1H3. The molecule has 1 unspecified atom stereocenters. The third-order valence-corrected chi connectivity index (χ3v) is 2.42. The van der Waals surface area contributed by atoms with Crippen LogP contribution >= 0.6 is 27.5 Å². The topological polar surface area (TPSA) is 33.0 Å². The molecule has 0 aliphatic carbocycles. The molecular weight excluding hydrogens is 253 g/mol. The molecule has 0 saturated carbocycles. The molecule has 1 atom stereocenters. The van der Waals surface area contributed by atoms with Gasteiger partial charge in [-0.05, 0) is 12.1 Å². The van der Waals surface area contributed by atoms with Crippen LogP contribution in [0.1, 0.15) is 11.7 Å². The first kappa shape index (κ1) is 10.5. The summed E-state index contributed by atoms with van der Waals surface area (Å²) in [6.07, 6.45) is -0.597. The van der Waals surface area contributed by atoms with Gasteiger partial charge in [0.1, 0.15) is 0 Å². The second kappa shape index (κ2) is 4.61. The molecule has 0 aromatic heterocycles. The lowest BCUT2D eigenvalue weighted by Gasteiger charge is -2.08. The van der Waals surface area contributed by atoms with Crippen molar-refractivity contribution in [2.45, 2.75) is 6.10 Å². The van der Waals surface area contributed by atoms with Crippen molar-refractivity contribution in [2.24, 2.45) is 0 Å². The molecule has 1 aromatic carbocycles. The molecule has 0 spiro atoms. The average Bonchev–Trinajstić information content (AvgIpc) is 2.10. The summed E-state index contributed by atoms with van der Waals surface area (Å²) < 4.78 is 5.83. The largest absolute Gasteiger partial charge is 0.362 e. The van der Waals surface area contributed by atoms with E-state index in [1.54, 1.807) is 12.1 Å². The molecule has 0 radical (unpaired) electrons. The molecule has 0 N–H and O–H groups in total. The van der Waals surface area contributed by atoms with Gasteiger partial charge < -0.3 is 4.74 Å². The number of nitriles is 1. The van der Waals surface area contributed by atoms with Gasteiger partial charge in [-0.3, -0.25) is 0 Å². The lowest BCUT2D eigenvalue weighted by molar-refractivity contribution is 0.148. The van der Waals surface area contributed by atoms with Crippen molar-refractivity contribution in [2.75, 3.05) is 7.11 Å². The van der Waals surface area contributed by atoms with Gasteiger partial charge >= 0.3 is 0 Å². The highest BCUT2D eigenvalue weighted by atomic mass is 79.9. The summed E-state index contributed by atoms with van der Waals surface area (Å²) in [6.45, 7) is 0. The Labute approximate surface area is 90.2 Å². The summed E-state index contributed by atoms with van der Waals surface area (Å²) in [6, 6.07) is 7.33. The minimum Gasteiger partial charge on any atom is -0.362 e. The Hall–Kier alpha value is -0.560. The molecule has 0 saturated heterocycles. The highest BCUT2D eigenvalue weighted by Crippen LogP contribution is 2.27. The van der Waals surface area contributed by atoms with Crippen LogP contribution in [0.2, 0.25) is 5.02 Å². The Morgan fingerprint density at radius 3 is 2.77 bits per heavy atom. The van der Waals surface area contributed by atoms with E-state index in [1.807, 2.05) is 12.1 Å². The van der Waals surface area contributed by atoms with Gasteiger partial charge in [-0.1, -0.05) is 33.6 Å². The third kappa shape index (κ3) is 2.44. The van der Waals surface area contributed by atoms with Crippen molar-refractivity contribution >= 4 is 27.5 Å². The lowest BCUT2D eigenvalue weighted by atomic mass is 10.1. The van der Waals surface area contributed by atoms with Crippen molar-refractivity contribution in [1.82, 2.24) is 0 Å². The second-order valence-electron chi connectivity index (χ2n) is 2.41. The molecule has 2 nitrogen and oxygen atoms in total. The van der Waals surface area contributed by atoms with E-state index < -0.39 is 6.10 Å². The first-order valence-corrected chi connectivity index (χ1v) is 4.73. The van der Waals surface area contributed by atoms with Crippen LogP contribution in [0.5, 0.6) is 0 Å². The summed E-state index contributed by atoms with van der Waals surface area (Å²) in [5.74, 6) is 0. The number of nitrogens with zero attached hydrogens (tertiary/aromatic N) is 1. The molecule has 0 aliphatic heterocycles. The Balaban J connectivity index is 3.09. The smallest absolute Gasteiger partial charge is 0.170 e. The van der Waals surface area contributed by atoms with Gasteiger partial charge in [0, 0.05) is 22.2 Å². The van der Waals surface area contributed by atoms with Crippen molar-refractivity contribution in [3.8, 4) is 6.07 Å². The first-order valence-electron chi connectivity index (χ1n) is 3.56. The van der Waals surface area contributed by atoms with Crippen molar-refractivity contribution < 1.29 is 4.74 Å². The van der Waals surface area contributed by atoms with Crippen molar-refractivity contribution in [1.29, 1.82) is 5.26 Å². The maximum Gasteiger partial charge on any atom is 0.170 e. The molecule has 0 fully saturated rings. The maximum atomic E-state index is 8.73. The summed E-state index contributed by atoms with van der Waals surface area (Å²) in [4.78, 5) is 0. The Morgan fingerprint density at radius 2 is 2.31 bits per heavy atom. The molecule has 1 aromatic rings. The van der Waals surface area contributed by atoms with Crippen molar-refractivity contribution in [3.05, 3.63) is 33.3 Å². The van der Waals surface area contributed by atoms with E-state index in [0.29, 0.717) is 10.6 Å². The van der Waals surface area contributed by atoms with E-state index in [2.05, 4.69) is 15.9 Å². The monoisotopic (exact) mass is 259 g/mol. The van der Waals surface area contributed by atoms with E-state index in [1.165, 1.54) is 7.11 Å². The van der Waals surface area contributed by atoms with Gasteiger partial charge in [0.25, 0.3) is 0 Å². The number of methoxy groups -OCH3 is 1. The minimum atomic E-state index is -0.597. The Kier molecular flexibility index (Phi) is 3.73. The molecule has 68 valence electrons. The minimum absolute atomic E-state index is 0.530. The fourth-order valence-electron chi connectivity index (χ4n) is 0.963. The second-order valence-corrected chi connectivity index (χ2v) is 3.73. The summed E-state index contributed by atoms with van der Waals surface area (Å²) in [5.41, 5.74) is 0.690. The lowest BCUT2D eigenvalue weighted by Crippen LogP contribution is -1.98. The molecule has 0 aliphatic rings. The molecule has 4 heteroatoms. The van der Waals surface area contributed by atoms with Gasteiger partial charge in [0.2, 0.25) is 0 Å². The Morgan fingerprint density at radius 1 is 1.62 bits per heavy atom. The summed E-state index contributed by atoms with van der Waals surface area (Å²) in [7, 11) is 1.48. The number of benzene rings is 1. The van der Waals surface area contributed by atoms with E-state index in [9.17, 15) is 0 Å². The molecule has 0 amide bonds. The highest BCUT2D eigenvalue weighted by Gasteiger charge is 2.12. The fourth-order valence-corrected chi connectivity index (χ4v) is 1.74. The van der Waals surface area contributed by atoms with Gasteiger partial charge in [-0.15, -0.1) is 0 Å².